The second kappa shape index (κ2) is 8.65. The van der Waals surface area contributed by atoms with Gasteiger partial charge in [0.2, 0.25) is 0 Å². The molecule has 0 N–H and O–H groups in total. The van der Waals surface area contributed by atoms with Gasteiger partial charge in [0.25, 0.3) is 11.6 Å². The maximum atomic E-state index is 13.9. The second-order valence-electron chi connectivity index (χ2n) is 10.9. The highest BCUT2D eigenvalue weighted by molar-refractivity contribution is 6.30. The molecule has 6 rings (SSSR count). The SMILES string of the molecule is CC(C)(C)OC(=O)N1C(=O)C2=C[C@@]3(C)OO[C@]2(CC1c1ccc(Cl)cc1)CC3c1ccc([N+](=O)[O-])cc1. The number of hydrogen-bond acceptors (Lipinski definition) is 7. The summed E-state index contributed by atoms with van der Waals surface area (Å²) in [7, 11) is 0. The van der Waals surface area contributed by atoms with Crippen molar-refractivity contribution in [3.63, 3.8) is 0 Å². The zero-order valence-electron chi connectivity index (χ0n) is 20.9. The van der Waals surface area contributed by atoms with Crippen LogP contribution in [0.25, 0.3) is 0 Å². The number of nitro groups is 1. The predicted octanol–water partition coefficient (Wildman–Crippen LogP) is 6.03. The van der Waals surface area contributed by atoms with Crippen LogP contribution in [-0.4, -0.2) is 38.6 Å². The van der Waals surface area contributed by atoms with E-state index in [0.29, 0.717) is 22.6 Å². The third kappa shape index (κ3) is 4.41. The van der Waals surface area contributed by atoms with Crippen LogP contribution in [0.2, 0.25) is 5.02 Å². The number of non-ortho nitro benzene ring substituents is 1. The molecule has 10 heteroatoms. The fourth-order valence-electron chi connectivity index (χ4n) is 5.40. The number of rotatable bonds is 3. The average Bonchev–Trinajstić information content (AvgIpc) is 2.83. The van der Waals surface area contributed by atoms with Gasteiger partial charge in [-0.05, 0) is 63.5 Å². The maximum Gasteiger partial charge on any atom is 0.417 e. The lowest BCUT2D eigenvalue weighted by Crippen LogP contribution is -2.63. The highest BCUT2D eigenvalue weighted by Crippen LogP contribution is 2.58. The van der Waals surface area contributed by atoms with Gasteiger partial charge >= 0.3 is 6.09 Å². The van der Waals surface area contributed by atoms with Gasteiger partial charge in [-0.25, -0.2) is 19.5 Å². The molecule has 37 heavy (non-hydrogen) atoms. The Hall–Kier alpha value is -3.27. The molecule has 2 aromatic carbocycles. The third-order valence-corrected chi connectivity index (χ3v) is 7.42. The summed E-state index contributed by atoms with van der Waals surface area (Å²) in [5.41, 5.74) is -1.08. The number of amides is 2. The molecule has 2 fully saturated rings. The molecule has 0 saturated carbocycles. The minimum Gasteiger partial charge on any atom is -0.443 e. The first-order valence-electron chi connectivity index (χ1n) is 12.0. The van der Waals surface area contributed by atoms with Crippen molar-refractivity contribution < 1.29 is 29.0 Å². The Kier molecular flexibility index (Phi) is 5.93. The topological polar surface area (TPSA) is 108 Å². The van der Waals surface area contributed by atoms with E-state index in [4.69, 9.17) is 26.1 Å². The quantitative estimate of drug-likeness (QED) is 0.273. The Balaban J connectivity index is 1.58. The van der Waals surface area contributed by atoms with E-state index in [0.717, 1.165) is 10.5 Å². The number of carbonyl (C=O) groups excluding carboxylic acids is 2. The first-order chi connectivity index (χ1) is 17.3. The lowest BCUT2D eigenvalue weighted by molar-refractivity contribution is -0.435. The van der Waals surface area contributed by atoms with Crippen LogP contribution in [0, 0.1) is 10.1 Å². The normalized spacial score (nSPS) is 28.9. The van der Waals surface area contributed by atoms with Gasteiger partial charge in [-0.1, -0.05) is 35.9 Å². The molecule has 2 amide bonds. The van der Waals surface area contributed by atoms with Crippen LogP contribution in [0.5, 0.6) is 0 Å². The number of fused-ring (bicyclic) bond motifs is 2. The van der Waals surface area contributed by atoms with E-state index < -0.39 is 39.8 Å². The second-order valence-corrected chi connectivity index (χ2v) is 11.4. The lowest BCUT2D eigenvalue weighted by Gasteiger charge is -2.56. The first kappa shape index (κ1) is 25.4. The molecule has 9 nitrogen and oxygen atoms in total. The molecule has 1 aliphatic carbocycles. The molecule has 4 aliphatic rings. The van der Waals surface area contributed by atoms with Crippen LogP contribution >= 0.6 is 11.6 Å². The molecule has 0 radical (unpaired) electrons. The minimum atomic E-state index is -1.12. The van der Waals surface area contributed by atoms with Crippen molar-refractivity contribution in [3.05, 3.63) is 86.4 Å². The monoisotopic (exact) mass is 526 g/mol. The highest BCUT2D eigenvalue weighted by Gasteiger charge is 2.63. The maximum absolute atomic E-state index is 13.9. The first-order valence-corrected chi connectivity index (χ1v) is 12.4. The summed E-state index contributed by atoms with van der Waals surface area (Å²) in [5, 5.41) is 11.7. The Morgan fingerprint density at radius 2 is 1.70 bits per heavy atom. The molecular formula is C27H27ClN2O7. The van der Waals surface area contributed by atoms with Gasteiger partial charge in [0, 0.05) is 29.5 Å². The van der Waals surface area contributed by atoms with Crippen LogP contribution in [-0.2, 0) is 19.3 Å². The molecule has 2 unspecified atom stereocenters. The Bertz CT molecular complexity index is 1300. The van der Waals surface area contributed by atoms with Crippen molar-refractivity contribution in [2.45, 2.75) is 69.3 Å². The van der Waals surface area contributed by atoms with Crippen molar-refractivity contribution in [3.8, 4) is 0 Å². The molecule has 1 spiro atoms. The summed E-state index contributed by atoms with van der Waals surface area (Å²) in [6.07, 6.45) is 1.62. The Labute approximate surface area is 219 Å². The van der Waals surface area contributed by atoms with Crippen LogP contribution in [0.1, 0.15) is 63.6 Å². The number of hydrogen-bond donors (Lipinski definition) is 0. The van der Waals surface area contributed by atoms with Crippen molar-refractivity contribution in [2.24, 2.45) is 0 Å². The number of likely N-dealkylation sites (tertiary alicyclic amines) is 1. The molecule has 194 valence electrons. The van der Waals surface area contributed by atoms with Crippen LogP contribution in [0.4, 0.5) is 10.5 Å². The number of imide groups is 1. The third-order valence-electron chi connectivity index (χ3n) is 7.16. The lowest BCUT2D eigenvalue weighted by atomic mass is 9.63. The summed E-state index contributed by atoms with van der Waals surface area (Å²) in [4.78, 5) is 50.9. The van der Waals surface area contributed by atoms with Gasteiger partial charge in [0.15, 0.2) is 0 Å². The van der Waals surface area contributed by atoms with Gasteiger partial charge in [-0.15, -0.1) is 0 Å². The van der Waals surface area contributed by atoms with Crippen LogP contribution < -0.4 is 0 Å². The number of nitrogens with zero attached hydrogens (tertiary/aromatic N) is 2. The molecule has 2 saturated heterocycles. The van der Waals surface area contributed by atoms with Crippen molar-refractivity contribution in [1.29, 1.82) is 0 Å². The minimum absolute atomic E-state index is 0.00918. The smallest absolute Gasteiger partial charge is 0.417 e. The van der Waals surface area contributed by atoms with E-state index in [-0.39, 0.29) is 18.0 Å². The van der Waals surface area contributed by atoms with Gasteiger partial charge in [0.1, 0.15) is 16.8 Å². The average molecular weight is 527 g/mol. The van der Waals surface area contributed by atoms with E-state index in [1.807, 2.05) is 0 Å². The molecule has 2 bridgehead atoms. The number of nitro benzene ring substituents is 1. The fraction of sp³-hybridized carbons (Fsp3) is 0.407. The summed E-state index contributed by atoms with van der Waals surface area (Å²) in [6, 6.07) is 12.6. The number of piperidine rings is 1. The molecule has 3 aliphatic heterocycles. The van der Waals surface area contributed by atoms with Gasteiger partial charge < -0.3 is 4.74 Å². The van der Waals surface area contributed by atoms with Crippen LogP contribution in [0.3, 0.4) is 0 Å². The van der Waals surface area contributed by atoms with Gasteiger partial charge in [0.05, 0.1) is 16.5 Å². The summed E-state index contributed by atoms with van der Waals surface area (Å²) in [6.45, 7) is 7.03. The standard InChI is InChI=1S/C27H27ClN2O7/c1-25(2,3)35-24(32)29-22(17-5-9-18(28)10-6-17)15-27-14-20(16-7-11-19(12-8-16)30(33)34)26(4,36-37-27)13-21(27)23(29)31/h5-13,20,22H,14-15H2,1-4H3/t20?,22?,26-,27+/m1/s1. The summed E-state index contributed by atoms with van der Waals surface area (Å²) >= 11 is 6.10. The Morgan fingerprint density at radius 1 is 1.08 bits per heavy atom. The number of benzene rings is 2. The largest absolute Gasteiger partial charge is 0.443 e. The van der Waals surface area contributed by atoms with Gasteiger partial charge in [-0.2, -0.15) is 0 Å². The Morgan fingerprint density at radius 3 is 2.30 bits per heavy atom. The number of carbonyl (C=O) groups is 2. The van der Waals surface area contributed by atoms with E-state index in [9.17, 15) is 19.7 Å². The van der Waals surface area contributed by atoms with E-state index in [1.54, 1.807) is 70.2 Å². The zero-order valence-corrected chi connectivity index (χ0v) is 21.7. The molecule has 4 atom stereocenters. The fourth-order valence-corrected chi connectivity index (χ4v) is 5.53. The van der Waals surface area contributed by atoms with E-state index >= 15 is 0 Å². The number of halogens is 1. The van der Waals surface area contributed by atoms with Crippen LogP contribution in [0.15, 0.2) is 60.2 Å². The molecule has 0 aromatic heterocycles. The van der Waals surface area contributed by atoms with E-state index in [2.05, 4.69) is 0 Å². The number of ether oxygens (including phenoxy) is 1. The summed E-state index contributed by atoms with van der Waals surface area (Å²) in [5.74, 6) is -0.741. The molecule has 2 aromatic rings. The molecular weight excluding hydrogens is 500 g/mol. The van der Waals surface area contributed by atoms with E-state index in [1.165, 1.54) is 12.1 Å². The van der Waals surface area contributed by atoms with Crippen molar-refractivity contribution >= 4 is 29.3 Å². The summed E-state index contributed by atoms with van der Waals surface area (Å²) < 4.78 is 5.61. The van der Waals surface area contributed by atoms with Crippen molar-refractivity contribution in [1.82, 2.24) is 4.90 Å². The van der Waals surface area contributed by atoms with Crippen molar-refractivity contribution in [2.75, 3.05) is 0 Å². The van der Waals surface area contributed by atoms with Gasteiger partial charge in [-0.3, -0.25) is 14.9 Å². The molecule has 3 heterocycles. The predicted molar refractivity (Wildman–Crippen MR) is 134 cm³/mol. The zero-order chi connectivity index (χ0) is 26.8. The highest BCUT2D eigenvalue weighted by atomic mass is 35.5.